The highest BCUT2D eigenvalue weighted by atomic mass is 35.5. The van der Waals surface area contributed by atoms with Crippen LogP contribution >= 0.6 is 22.9 Å². The predicted octanol–water partition coefficient (Wildman–Crippen LogP) is 10.5. The number of aryl methyl sites for hydroxylation is 2. The fourth-order valence-corrected chi connectivity index (χ4v) is 12.2. The number of amides is 4. The number of nitrogens with zero attached hydrogens (tertiary/aromatic N) is 4. The largest absolute Gasteiger partial charge is 0.573 e. The molecule has 6 aromatic rings. The molecular formula is C51H42ClF3N4O8S. The average Bonchev–Trinajstić information content (AvgIpc) is 3.98. The van der Waals surface area contributed by atoms with E-state index in [0.717, 1.165) is 59.7 Å². The van der Waals surface area contributed by atoms with Crippen molar-refractivity contribution in [3.05, 3.63) is 124 Å². The molecule has 1 saturated carbocycles. The number of hydrogen-bond donors (Lipinski definition) is 1. The van der Waals surface area contributed by atoms with Crippen LogP contribution in [0.4, 0.5) is 24.7 Å². The van der Waals surface area contributed by atoms with Gasteiger partial charge in [0.1, 0.15) is 34.5 Å². The molecule has 4 heterocycles. The third kappa shape index (κ3) is 7.14. The summed E-state index contributed by atoms with van der Waals surface area (Å²) >= 11 is 7.80. The third-order valence-electron chi connectivity index (χ3n) is 14.1. The number of anilines is 2. The molecule has 12 nitrogen and oxygen atoms in total. The Hall–Kier alpha value is -6.91. The summed E-state index contributed by atoms with van der Waals surface area (Å²) in [4.78, 5) is 62.5. The number of carbonyl (C=O) groups is 4. The lowest BCUT2D eigenvalue weighted by Crippen LogP contribution is -2.49. The van der Waals surface area contributed by atoms with Crippen LogP contribution in [0.15, 0.2) is 96.6 Å². The molecule has 2 saturated heterocycles. The first kappa shape index (κ1) is 44.9. The van der Waals surface area contributed by atoms with Crippen molar-refractivity contribution in [1.29, 1.82) is 0 Å². The number of imide groups is 2. The van der Waals surface area contributed by atoms with E-state index in [-0.39, 0.29) is 24.2 Å². The summed E-state index contributed by atoms with van der Waals surface area (Å²) in [5.74, 6) is -6.88. The number of allylic oxidation sites excluding steroid dienone is 2. The molecule has 0 bridgehead atoms. The number of halogens is 4. The minimum atomic E-state index is -5.09. The zero-order valence-electron chi connectivity index (χ0n) is 37.1. The van der Waals surface area contributed by atoms with Gasteiger partial charge in [0.05, 0.1) is 48.0 Å². The predicted molar refractivity (Wildman–Crippen MR) is 251 cm³/mol. The van der Waals surface area contributed by atoms with Gasteiger partial charge < -0.3 is 19.3 Å². The molecule has 3 fully saturated rings. The van der Waals surface area contributed by atoms with Crippen molar-refractivity contribution in [3.8, 4) is 33.6 Å². The minimum Gasteiger partial charge on any atom is -0.508 e. The van der Waals surface area contributed by atoms with Gasteiger partial charge in [-0.1, -0.05) is 47.5 Å². The van der Waals surface area contributed by atoms with Crippen LogP contribution in [0.3, 0.4) is 0 Å². The summed E-state index contributed by atoms with van der Waals surface area (Å²) in [6, 6.07) is 22.5. The van der Waals surface area contributed by atoms with E-state index in [1.165, 1.54) is 16.0 Å². The molecule has 0 spiro atoms. The second kappa shape index (κ2) is 16.4. The lowest BCUT2D eigenvalue weighted by Gasteiger charge is -2.49. The van der Waals surface area contributed by atoms with Gasteiger partial charge in [0, 0.05) is 39.9 Å². The standard InChI is InChI=1S/C51H42ClF3N4O8S/c1-25-34-21-28(52)10-19-41(34)68-45(25)38-24-42(57(3)56-38)59-47(62)37-23-35-32(44(50(37,2)49(59)64)36-22-31(13-17-39(36)60)67-51(53,54)55)15-16-33-43(35)48(63)58(46(33)61)29-11-7-26(8-12-29)6-9-27-20-30(65-4)14-18-40(27)66-5/h6-15,17-22,24,33,35,37,43-44,60H,16,23H2,1-5H3/t33-,35+,37-,43-,44+,50+/m0/s1. The summed E-state index contributed by atoms with van der Waals surface area (Å²) in [5, 5.41) is 17.8. The zero-order valence-corrected chi connectivity index (χ0v) is 38.7. The molecule has 6 atom stereocenters. The highest BCUT2D eigenvalue weighted by Gasteiger charge is 2.68. The summed E-state index contributed by atoms with van der Waals surface area (Å²) in [7, 11) is 4.74. The van der Waals surface area contributed by atoms with Crippen LogP contribution in [-0.2, 0) is 26.2 Å². The maximum atomic E-state index is 15.3. The fraction of sp³-hybridized carbons (Fsp3) is 0.275. The highest BCUT2D eigenvalue weighted by Crippen LogP contribution is 2.65. The number of carbonyl (C=O) groups excluding carboxylic acids is 4. The maximum Gasteiger partial charge on any atom is 0.573 e. The van der Waals surface area contributed by atoms with Crippen LogP contribution in [0.5, 0.6) is 23.0 Å². The molecule has 68 heavy (non-hydrogen) atoms. The van der Waals surface area contributed by atoms with Crippen molar-refractivity contribution < 1.29 is 51.7 Å². The molecule has 0 unspecified atom stereocenters. The Kier molecular flexibility index (Phi) is 10.8. The lowest BCUT2D eigenvalue weighted by atomic mass is 9.51. The number of alkyl halides is 3. The van der Waals surface area contributed by atoms with Crippen molar-refractivity contribution >= 4 is 80.3 Å². The first-order valence-corrected chi connectivity index (χ1v) is 22.9. The van der Waals surface area contributed by atoms with Crippen molar-refractivity contribution in [2.45, 2.75) is 39.0 Å². The van der Waals surface area contributed by atoms with E-state index >= 15 is 9.59 Å². The summed E-state index contributed by atoms with van der Waals surface area (Å²) in [6.45, 7) is 3.51. The van der Waals surface area contributed by atoms with Crippen LogP contribution in [0, 0.1) is 36.0 Å². The Morgan fingerprint density at radius 1 is 0.868 bits per heavy atom. The Morgan fingerprint density at radius 3 is 2.34 bits per heavy atom. The molecule has 4 amide bonds. The average molecular weight is 963 g/mol. The van der Waals surface area contributed by atoms with Crippen molar-refractivity contribution in [3.63, 3.8) is 0 Å². The molecule has 4 aliphatic rings. The van der Waals surface area contributed by atoms with E-state index in [9.17, 15) is 27.9 Å². The quantitative estimate of drug-likeness (QED) is 0.0852. The van der Waals surface area contributed by atoms with E-state index in [2.05, 4.69) is 4.74 Å². The molecule has 1 N–H and O–H groups in total. The normalized spacial score (nSPS) is 23.6. The van der Waals surface area contributed by atoms with Crippen LogP contribution in [0.25, 0.3) is 32.8 Å². The van der Waals surface area contributed by atoms with Gasteiger partial charge in [-0.3, -0.25) is 28.8 Å². The highest BCUT2D eigenvalue weighted by molar-refractivity contribution is 7.22. The molecule has 0 radical (unpaired) electrons. The van der Waals surface area contributed by atoms with Crippen LogP contribution in [-0.4, -0.2) is 59.1 Å². The van der Waals surface area contributed by atoms with Crippen LogP contribution in [0.1, 0.15) is 47.9 Å². The number of benzene rings is 4. The van der Waals surface area contributed by atoms with Gasteiger partial charge >= 0.3 is 6.36 Å². The molecular weight excluding hydrogens is 921 g/mol. The fourth-order valence-electron chi connectivity index (χ4n) is 10.9. The third-order valence-corrected chi connectivity index (χ3v) is 15.6. The molecule has 2 aliphatic heterocycles. The summed E-state index contributed by atoms with van der Waals surface area (Å²) < 4.78 is 58.6. The van der Waals surface area contributed by atoms with Gasteiger partial charge in [-0.25, -0.2) is 4.90 Å². The van der Waals surface area contributed by atoms with Gasteiger partial charge in [-0.2, -0.15) is 5.10 Å². The minimum absolute atomic E-state index is 0.0359. The monoisotopic (exact) mass is 962 g/mol. The Morgan fingerprint density at radius 2 is 1.62 bits per heavy atom. The molecule has 17 heteroatoms. The number of aromatic nitrogens is 2. The first-order chi connectivity index (χ1) is 32.4. The number of rotatable bonds is 9. The molecule has 10 rings (SSSR count). The number of phenols is 1. The molecule has 2 aromatic heterocycles. The molecule has 4 aromatic carbocycles. The van der Waals surface area contributed by atoms with E-state index in [4.69, 9.17) is 26.2 Å². The van der Waals surface area contributed by atoms with E-state index in [0.29, 0.717) is 33.5 Å². The number of phenolic OH excluding ortho intramolecular Hbond substituents is 1. The topological polar surface area (TPSA) is 140 Å². The van der Waals surface area contributed by atoms with E-state index in [1.807, 2.05) is 37.3 Å². The summed E-state index contributed by atoms with van der Waals surface area (Å²) in [6.07, 6.45) is 0.401. The molecule has 2 aliphatic carbocycles. The number of methoxy groups -OCH3 is 2. The SMILES string of the molecule is COc1ccc(OC)c(C=Cc2ccc(N3C(=O)[C@H]4[C@H](CC=C5[C@H]4C[C@H]4C(=O)N(c6cc(-c7sc8ccc(Cl)cc8c7C)nn6C)C(=O)[C@@]4(C)[C@H]5c4cc(OC(F)(F)F)ccc4O)C3=O)cc2)c1. The smallest absolute Gasteiger partial charge is 0.508 e. The Bertz CT molecular complexity index is 3180. The Labute approximate surface area is 396 Å². The number of aromatic hydroxyl groups is 1. The van der Waals surface area contributed by atoms with Crippen LogP contribution in [0.2, 0.25) is 5.02 Å². The molecule has 348 valence electrons. The van der Waals surface area contributed by atoms with Gasteiger partial charge in [0.25, 0.3) is 0 Å². The van der Waals surface area contributed by atoms with Gasteiger partial charge in [0.15, 0.2) is 0 Å². The maximum absolute atomic E-state index is 15.3. The van der Waals surface area contributed by atoms with Gasteiger partial charge in [0.2, 0.25) is 23.6 Å². The van der Waals surface area contributed by atoms with Gasteiger partial charge in [-0.05, 0) is 116 Å². The first-order valence-electron chi connectivity index (χ1n) is 21.7. The van der Waals surface area contributed by atoms with Crippen molar-refractivity contribution in [2.75, 3.05) is 24.0 Å². The number of fused-ring (bicyclic) bond motifs is 5. The number of thiophene rings is 1. The van der Waals surface area contributed by atoms with Gasteiger partial charge in [-0.15, -0.1) is 24.5 Å². The zero-order chi connectivity index (χ0) is 48.1. The second-order valence-electron chi connectivity index (χ2n) is 17.7. The Balaban J connectivity index is 1.02. The van der Waals surface area contributed by atoms with E-state index in [1.54, 1.807) is 82.8 Å². The van der Waals surface area contributed by atoms with E-state index < -0.39 is 76.5 Å². The summed E-state index contributed by atoms with van der Waals surface area (Å²) in [5.41, 5.74) is 1.96. The lowest BCUT2D eigenvalue weighted by molar-refractivity contribution is -0.274. The van der Waals surface area contributed by atoms with Crippen LogP contribution < -0.4 is 24.0 Å². The number of ether oxygens (including phenoxy) is 3. The van der Waals surface area contributed by atoms with Crippen molar-refractivity contribution in [1.82, 2.24) is 9.78 Å². The van der Waals surface area contributed by atoms with Crippen molar-refractivity contribution in [2.24, 2.45) is 36.1 Å². The second-order valence-corrected chi connectivity index (χ2v) is 19.2. The number of hydrogen-bond acceptors (Lipinski definition) is 10.